The second-order valence-electron chi connectivity index (χ2n) is 5.50. The largest absolute Gasteiger partial charge is 0.211 e. The minimum Gasteiger partial charge on any atom is -0.210 e. The Kier molecular flexibility index (Phi) is 2.71. The Bertz CT molecular complexity index is 937. The van der Waals surface area contributed by atoms with Gasteiger partial charge >= 0.3 is 0 Å². The zero-order valence-electron chi connectivity index (χ0n) is 11.9. The van der Waals surface area contributed by atoms with Crippen LogP contribution < -0.4 is 4.98 Å². The molecule has 0 atom stereocenters. The molecule has 0 saturated heterocycles. The van der Waals surface area contributed by atoms with Crippen molar-refractivity contribution in [2.24, 2.45) is 0 Å². The molecule has 0 amide bonds. The number of aromatic amines is 1. The summed E-state index contributed by atoms with van der Waals surface area (Å²) in [7, 11) is 0. The molecule has 100 valence electrons. The van der Waals surface area contributed by atoms with Gasteiger partial charge in [-0.1, -0.05) is 48.0 Å². The molecule has 1 aromatic heterocycles. The molecule has 0 unspecified atom stereocenters. The average Bonchev–Trinajstić information content (AvgIpc) is 2.55. The third-order valence-corrected chi connectivity index (χ3v) is 4.04. The van der Waals surface area contributed by atoms with Crippen LogP contribution in [0.2, 0.25) is 0 Å². The molecular weight excluding hydrogens is 254 g/mol. The van der Waals surface area contributed by atoms with Crippen LogP contribution >= 0.6 is 0 Å². The third kappa shape index (κ3) is 2.07. The van der Waals surface area contributed by atoms with Crippen LogP contribution in [0.1, 0.15) is 5.56 Å². The first-order valence-electron chi connectivity index (χ1n) is 7.21. The van der Waals surface area contributed by atoms with E-state index in [0.717, 1.165) is 5.69 Å². The van der Waals surface area contributed by atoms with Gasteiger partial charge in [0.1, 0.15) is 0 Å². The maximum atomic E-state index is 3.41. The standard InChI is InChI=1S/C20H15N/c1-14-6-8-16(9-7-14)20-12-19-17(13-21-20)11-10-15-4-2-3-5-18(15)19/h2-13H,1H3/p+1. The number of pyridine rings is 1. The molecule has 0 radical (unpaired) electrons. The zero-order chi connectivity index (χ0) is 14.2. The number of aryl methyl sites for hydroxylation is 1. The molecule has 0 fully saturated rings. The van der Waals surface area contributed by atoms with Crippen LogP contribution in [0.15, 0.2) is 72.9 Å². The lowest BCUT2D eigenvalue weighted by Gasteiger charge is -2.03. The van der Waals surface area contributed by atoms with Crippen molar-refractivity contribution in [2.45, 2.75) is 6.92 Å². The summed E-state index contributed by atoms with van der Waals surface area (Å²) in [6.45, 7) is 2.11. The highest BCUT2D eigenvalue weighted by Crippen LogP contribution is 2.27. The van der Waals surface area contributed by atoms with Gasteiger partial charge in [-0.15, -0.1) is 0 Å². The summed E-state index contributed by atoms with van der Waals surface area (Å²) in [5.41, 5.74) is 3.65. The molecule has 4 aromatic rings. The Morgan fingerprint density at radius 2 is 1.48 bits per heavy atom. The van der Waals surface area contributed by atoms with E-state index in [-0.39, 0.29) is 0 Å². The van der Waals surface area contributed by atoms with Crippen molar-refractivity contribution >= 4 is 21.5 Å². The molecule has 0 bridgehead atoms. The van der Waals surface area contributed by atoms with Gasteiger partial charge in [0, 0.05) is 22.4 Å². The summed E-state index contributed by atoms with van der Waals surface area (Å²) in [5.74, 6) is 0. The van der Waals surface area contributed by atoms with Gasteiger partial charge in [0.25, 0.3) is 0 Å². The number of fused-ring (bicyclic) bond motifs is 3. The summed E-state index contributed by atoms with van der Waals surface area (Å²) >= 11 is 0. The number of benzene rings is 3. The molecular formula is C20H16N+. The molecule has 21 heavy (non-hydrogen) atoms. The van der Waals surface area contributed by atoms with E-state index in [0.29, 0.717) is 0 Å². The van der Waals surface area contributed by atoms with Gasteiger partial charge in [-0.2, -0.15) is 0 Å². The summed E-state index contributed by atoms with van der Waals surface area (Å²) in [6.07, 6.45) is 2.09. The number of rotatable bonds is 1. The van der Waals surface area contributed by atoms with E-state index in [9.17, 15) is 0 Å². The highest BCUT2D eigenvalue weighted by molar-refractivity contribution is 6.07. The van der Waals surface area contributed by atoms with Crippen molar-refractivity contribution in [3.05, 3.63) is 78.5 Å². The molecule has 1 N–H and O–H groups in total. The van der Waals surface area contributed by atoms with Gasteiger partial charge < -0.3 is 0 Å². The topological polar surface area (TPSA) is 14.1 Å². The minimum absolute atomic E-state index is 1.15. The Balaban J connectivity index is 2.00. The second-order valence-corrected chi connectivity index (χ2v) is 5.50. The first-order chi connectivity index (χ1) is 10.3. The van der Waals surface area contributed by atoms with Crippen molar-refractivity contribution in [2.75, 3.05) is 0 Å². The van der Waals surface area contributed by atoms with Crippen molar-refractivity contribution in [1.29, 1.82) is 0 Å². The molecule has 1 heteroatoms. The van der Waals surface area contributed by atoms with E-state index in [1.807, 2.05) is 0 Å². The van der Waals surface area contributed by atoms with E-state index in [2.05, 4.69) is 84.8 Å². The van der Waals surface area contributed by atoms with E-state index < -0.39 is 0 Å². The molecule has 4 rings (SSSR count). The van der Waals surface area contributed by atoms with Crippen LogP contribution in [-0.2, 0) is 0 Å². The fourth-order valence-corrected chi connectivity index (χ4v) is 2.84. The van der Waals surface area contributed by atoms with E-state index >= 15 is 0 Å². The summed E-state index contributed by atoms with van der Waals surface area (Å²) < 4.78 is 0. The quantitative estimate of drug-likeness (QED) is 0.442. The molecule has 0 aliphatic heterocycles. The van der Waals surface area contributed by atoms with E-state index in [4.69, 9.17) is 0 Å². The first kappa shape index (κ1) is 12.1. The van der Waals surface area contributed by atoms with E-state index in [1.54, 1.807) is 0 Å². The Hall–Kier alpha value is -2.67. The predicted octanol–water partition coefficient (Wildman–Crippen LogP) is 4.78. The SMILES string of the molecule is Cc1ccc(-c2cc3c(ccc4ccccc43)c[nH+]2)cc1. The van der Waals surface area contributed by atoms with Gasteiger partial charge in [0.2, 0.25) is 5.69 Å². The van der Waals surface area contributed by atoms with Crippen LogP contribution in [0, 0.1) is 6.92 Å². The van der Waals surface area contributed by atoms with Crippen LogP contribution in [0.5, 0.6) is 0 Å². The van der Waals surface area contributed by atoms with Crippen LogP contribution in [0.4, 0.5) is 0 Å². The maximum Gasteiger partial charge on any atom is 0.211 e. The van der Waals surface area contributed by atoms with Crippen molar-refractivity contribution < 1.29 is 4.98 Å². The molecule has 1 nitrogen and oxygen atoms in total. The highest BCUT2D eigenvalue weighted by atomic mass is 14.7. The molecule has 3 aromatic carbocycles. The van der Waals surface area contributed by atoms with Gasteiger partial charge in [-0.25, -0.2) is 4.98 Å². The first-order valence-corrected chi connectivity index (χ1v) is 7.21. The molecule has 0 saturated carbocycles. The smallest absolute Gasteiger partial charge is 0.210 e. The Morgan fingerprint density at radius 1 is 0.714 bits per heavy atom. The number of aromatic nitrogens is 1. The van der Waals surface area contributed by atoms with Gasteiger partial charge in [-0.05, 0) is 35.9 Å². The van der Waals surface area contributed by atoms with Crippen LogP contribution in [0.25, 0.3) is 32.8 Å². The lowest BCUT2D eigenvalue weighted by atomic mass is 10.0. The lowest BCUT2D eigenvalue weighted by molar-refractivity contribution is -0.362. The van der Waals surface area contributed by atoms with Gasteiger partial charge in [-0.3, -0.25) is 0 Å². The predicted molar refractivity (Wildman–Crippen MR) is 88.2 cm³/mol. The highest BCUT2D eigenvalue weighted by Gasteiger charge is 2.09. The fourth-order valence-electron chi connectivity index (χ4n) is 2.84. The van der Waals surface area contributed by atoms with Crippen molar-refractivity contribution in [1.82, 2.24) is 0 Å². The molecule has 0 aliphatic carbocycles. The maximum absolute atomic E-state index is 3.41. The summed E-state index contributed by atoms with van der Waals surface area (Å²) in [5, 5.41) is 5.12. The van der Waals surface area contributed by atoms with Crippen molar-refractivity contribution in [3.63, 3.8) is 0 Å². The third-order valence-electron chi connectivity index (χ3n) is 4.04. The molecule has 1 heterocycles. The fraction of sp³-hybridized carbons (Fsp3) is 0.0500. The van der Waals surface area contributed by atoms with Crippen molar-refractivity contribution in [3.8, 4) is 11.3 Å². The monoisotopic (exact) mass is 270 g/mol. The molecule has 0 aliphatic rings. The number of H-pyrrole nitrogens is 1. The average molecular weight is 270 g/mol. The Labute approximate surface area is 123 Å². The number of hydrogen-bond acceptors (Lipinski definition) is 0. The van der Waals surface area contributed by atoms with Gasteiger partial charge in [0.15, 0.2) is 6.20 Å². The summed E-state index contributed by atoms with van der Waals surface area (Å²) in [6, 6.07) is 23.8. The van der Waals surface area contributed by atoms with Crippen LogP contribution in [0.3, 0.4) is 0 Å². The zero-order valence-corrected chi connectivity index (χ0v) is 11.9. The number of nitrogens with one attached hydrogen (secondary N) is 1. The number of hydrogen-bond donors (Lipinski definition) is 0. The van der Waals surface area contributed by atoms with E-state index in [1.165, 1.54) is 32.7 Å². The second kappa shape index (κ2) is 4.71. The van der Waals surface area contributed by atoms with Crippen LogP contribution in [-0.4, -0.2) is 0 Å². The normalized spacial score (nSPS) is 11.1. The van der Waals surface area contributed by atoms with Gasteiger partial charge in [0.05, 0.1) is 0 Å². The Morgan fingerprint density at radius 3 is 2.33 bits per heavy atom. The summed E-state index contributed by atoms with van der Waals surface area (Å²) in [4.78, 5) is 3.41. The molecule has 0 spiro atoms. The minimum atomic E-state index is 1.15. The lowest BCUT2D eigenvalue weighted by Crippen LogP contribution is -2.05.